The van der Waals surface area contributed by atoms with E-state index in [1.165, 1.54) is 6.07 Å². The number of nitrogens with one attached hydrogen (secondary N) is 1. The number of nitrogens with zero attached hydrogens (tertiary/aromatic N) is 3. The van der Waals surface area contributed by atoms with Gasteiger partial charge in [-0.3, -0.25) is 0 Å². The van der Waals surface area contributed by atoms with E-state index in [0.29, 0.717) is 11.5 Å². The number of benzene rings is 1. The van der Waals surface area contributed by atoms with Crippen LogP contribution in [0.4, 0.5) is 11.5 Å². The van der Waals surface area contributed by atoms with Crippen LogP contribution in [0.15, 0.2) is 60.9 Å². The Hall–Kier alpha value is -3.28. The van der Waals surface area contributed by atoms with E-state index in [1.807, 2.05) is 18.2 Å². The van der Waals surface area contributed by atoms with Gasteiger partial charge in [-0.2, -0.15) is 10.2 Å². The number of pyridine rings is 1. The maximum absolute atomic E-state index is 11.0. The summed E-state index contributed by atoms with van der Waals surface area (Å²) in [4.78, 5) is 15.2. The maximum atomic E-state index is 11.0. The van der Waals surface area contributed by atoms with Crippen LogP contribution in [0.1, 0.15) is 10.4 Å². The highest BCUT2D eigenvalue weighted by molar-refractivity contribution is 5.89. The molecular formula is C16H12N4O2. The summed E-state index contributed by atoms with van der Waals surface area (Å²) < 4.78 is 0. The van der Waals surface area contributed by atoms with Crippen LogP contribution in [0.2, 0.25) is 0 Å². The molecule has 6 heteroatoms. The summed E-state index contributed by atoms with van der Waals surface area (Å²) in [5, 5.41) is 19.9. The number of carbonyl (C=O) groups is 1. The Bertz CT molecular complexity index is 789. The summed E-state index contributed by atoms with van der Waals surface area (Å²) in [6.07, 6.45) is 3.30. The van der Waals surface area contributed by atoms with Crippen molar-refractivity contribution in [1.82, 2.24) is 15.2 Å². The molecule has 0 saturated heterocycles. The third kappa shape index (κ3) is 3.06. The van der Waals surface area contributed by atoms with Gasteiger partial charge < -0.3 is 10.4 Å². The number of carboxylic acids is 1. The number of carboxylic acid groups (broad SMARTS) is 1. The van der Waals surface area contributed by atoms with Crippen LogP contribution >= 0.6 is 0 Å². The molecule has 22 heavy (non-hydrogen) atoms. The van der Waals surface area contributed by atoms with Gasteiger partial charge in [0, 0.05) is 23.6 Å². The van der Waals surface area contributed by atoms with Crippen molar-refractivity contribution in [2.24, 2.45) is 0 Å². The van der Waals surface area contributed by atoms with E-state index in [1.54, 1.807) is 36.7 Å². The molecule has 2 N–H and O–H groups in total. The number of hydrogen-bond donors (Lipinski definition) is 2. The van der Waals surface area contributed by atoms with Crippen molar-refractivity contribution in [1.29, 1.82) is 0 Å². The van der Waals surface area contributed by atoms with E-state index in [4.69, 9.17) is 5.11 Å². The van der Waals surface area contributed by atoms with Crippen LogP contribution in [0.25, 0.3) is 11.3 Å². The molecule has 0 saturated carbocycles. The van der Waals surface area contributed by atoms with Crippen molar-refractivity contribution in [3.63, 3.8) is 0 Å². The average molecular weight is 292 g/mol. The van der Waals surface area contributed by atoms with Gasteiger partial charge in [0.15, 0.2) is 0 Å². The van der Waals surface area contributed by atoms with Crippen molar-refractivity contribution < 1.29 is 9.90 Å². The molecule has 0 radical (unpaired) electrons. The Kier molecular flexibility index (Phi) is 3.74. The number of anilines is 2. The molecule has 1 aromatic carbocycles. The summed E-state index contributed by atoms with van der Waals surface area (Å²) >= 11 is 0. The lowest BCUT2D eigenvalue weighted by atomic mass is 10.2. The number of aromatic carboxylic acids is 1. The minimum atomic E-state index is -0.963. The fraction of sp³-hybridized carbons (Fsp3) is 0. The van der Waals surface area contributed by atoms with Crippen LogP contribution in [0.3, 0.4) is 0 Å². The van der Waals surface area contributed by atoms with Crippen LogP contribution in [-0.4, -0.2) is 26.3 Å². The second-order valence-corrected chi connectivity index (χ2v) is 4.55. The van der Waals surface area contributed by atoms with Gasteiger partial charge in [0.25, 0.3) is 0 Å². The molecule has 3 aromatic rings. The molecule has 2 heterocycles. The fourth-order valence-electron chi connectivity index (χ4n) is 1.95. The maximum Gasteiger partial charge on any atom is 0.335 e. The standard InChI is InChI=1S/C16H12N4O2/c21-16(22)11-3-1-4-13(9-11)19-15-7-6-12(10-17-15)14-5-2-8-18-20-14/h1-10H,(H,17,19)(H,21,22). The Labute approximate surface area is 126 Å². The summed E-state index contributed by atoms with van der Waals surface area (Å²) in [6, 6.07) is 13.9. The van der Waals surface area contributed by atoms with Gasteiger partial charge in [0.1, 0.15) is 5.82 Å². The fourth-order valence-corrected chi connectivity index (χ4v) is 1.95. The molecule has 0 aliphatic carbocycles. The molecule has 0 aliphatic rings. The molecule has 0 bridgehead atoms. The summed E-state index contributed by atoms with van der Waals surface area (Å²) in [5.74, 6) is -0.343. The van der Waals surface area contributed by atoms with Crippen LogP contribution in [0.5, 0.6) is 0 Å². The van der Waals surface area contributed by atoms with E-state index in [-0.39, 0.29) is 5.56 Å². The third-order valence-corrected chi connectivity index (χ3v) is 3.01. The Morgan fingerprint density at radius 3 is 2.68 bits per heavy atom. The molecule has 2 aromatic heterocycles. The summed E-state index contributed by atoms with van der Waals surface area (Å²) in [6.45, 7) is 0. The molecule has 0 amide bonds. The number of hydrogen-bond acceptors (Lipinski definition) is 5. The van der Waals surface area contributed by atoms with E-state index < -0.39 is 5.97 Å². The van der Waals surface area contributed by atoms with Crippen molar-refractivity contribution in [2.75, 3.05) is 5.32 Å². The Balaban J connectivity index is 1.79. The smallest absolute Gasteiger partial charge is 0.335 e. The van der Waals surface area contributed by atoms with E-state index in [0.717, 1.165) is 11.3 Å². The SMILES string of the molecule is O=C(O)c1cccc(Nc2ccc(-c3cccnn3)cn2)c1. The molecule has 0 spiro atoms. The zero-order valence-electron chi connectivity index (χ0n) is 11.5. The highest BCUT2D eigenvalue weighted by Crippen LogP contribution is 2.19. The first-order valence-corrected chi connectivity index (χ1v) is 6.57. The quantitative estimate of drug-likeness (QED) is 0.768. The van der Waals surface area contributed by atoms with Crippen LogP contribution in [-0.2, 0) is 0 Å². The third-order valence-electron chi connectivity index (χ3n) is 3.01. The highest BCUT2D eigenvalue weighted by atomic mass is 16.4. The van der Waals surface area contributed by atoms with Gasteiger partial charge in [0.05, 0.1) is 11.3 Å². The molecular weight excluding hydrogens is 280 g/mol. The predicted octanol–water partition coefficient (Wildman–Crippen LogP) is 2.98. The molecule has 108 valence electrons. The van der Waals surface area contributed by atoms with E-state index >= 15 is 0 Å². The van der Waals surface area contributed by atoms with Gasteiger partial charge in [-0.05, 0) is 42.5 Å². The second-order valence-electron chi connectivity index (χ2n) is 4.55. The second kappa shape index (κ2) is 6.01. The minimum absolute atomic E-state index is 0.223. The van der Waals surface area contributed by atoms with E-state index in [2.05, 4.69) is 20.5 Å². The van der Waals surface area contributed by atoms with Crippen LogP contribution < -0.4 is 5.32 Å². The normalized spacial score (nSPS) is 10.2. The van der Waals surface area contributed by atoms with Crippen molar-refractivity contribution in [3.05, 3.63) is 66.5 Å². The Morgan fingerprint density at radius 2 is 2.00 bits per heavy atom. The first kappa shape index (κ1) is 13.7. The molecule has 3 rings (SSSR count). The summed E-state index contributed by atoms with van der Waals surface area (Å²) in [7, 11) is 0. The molecule has 0 unspecified atom stereocenters. The van der Waals surface area contributed by atoms with Crippen molar-refractivity contribution in [3.8, 4) is 11.3 Å². The van der Waals surface area contributed by atoms with E-state index in [9.17, 15) is 4.79 Å². The van der Waals surface area contributed by atoms with Gasteiger partial charge in [-0.25, -0.2) is 9.78 Å². The van der Waals surface area contributed by atoms with Gasteiger partial charge in [-0.15, -0.1) is 0 Å². The van der Waals surface area contributed by atoms with Crippen LogP contribution in [0, 0.1) is 0 Å². The first-order valence-electron chi connectivity index (χ1n) is 6.57. The number of rotatable bonds is 4. The molecule has 0 atom stereocenters. The largest absolute Gasteiger partial charge is 0.478 e. The van der Waals surface area contributed by atoms with Gasteiger partial charge in [-0.1, -0.05) is 6.07 Å². The number of aromatic nitrogens is 3. The lowest BCUT2D eigenvalue weighted by Gasteiger charge is -2.07. The molecule has 0 aliphatic heterocycles. The lowest BCUT2D eigenvalue weighted by molar-refractivity contribution is 0.0697. The highest BCUT2D eigenvalue weighted by Gasteiger charge is 2.04. The van der Waals surface area contributed by atoms with Gasteiger partial charge in [0.2, 0.25) is 0 Å². The monoisotopic (exact) mass is 292 g/mol. The van der Waals surface area contributed by atoms with Crippen molar-refractivity contribution >= 4 is 17.5 Å². The lowest BCUT2D eigenvalue weighted by Crippen LogP contribution is -1.98. The average Bonchev–Trinajstić information content (AvgIpc) is 2.56. The topological polar surface area (TPSA) is 88.0 Å². The molecule has 6 nitrogen and oxygen atoms in total. The van der Waals surface area contributed by atoms with Crippen molar-refractivity contribution in [2.45, 2.75) is 0 Å². The molecule has 0 fully saturated rings. The minimum Gasteiger partial charge on any atom is -0.478 e. The zero-order valence-corrected chi connectivity index (χ0v) is 11.5. The predicted molar refractivity (Wildman–Crippen MR) is 81.9 cm³/mol. The summed E-state index contributed by atoms with van der Waals surface area (Å²) in [5.41, 5.74) is 2.49. The van der Waals surface area contributed by atoms with Gasteiger partial charge >= 0.3 is 5.97 Å². The first-order chi connectivity index (χ1) is 10.7. The zero-order chi connectivity index (χ0) is 15.4. The Morgan fingerprint density at radius 1 is 1.09 bits per heavy atom.